The molecule has 0 rings (SSSR count). The minimum Gasteiger partial charge on any atom is -0.283 e. The van der Waals surface area contributed by atoms with Crippen LogP contribution < -0.4 is 10.00 Å². The van der Waals surface area contributed by atoms with E-state index in [4.69, 9.17) is 5.50 Å². The first-order valence-electron chi connectivity index (χ1n) is 2.17. The Morgan fingerprint density at radius 1 is 1.50 bits per heavy atom. The van der Waals surface area contributed by atoms with Crippen molar-refractivity contribution in [2.24, 2.45) is 5.50 Å². The molecule has 0 radical (unpaired) electrons. The van der Waals surface area contributed by atoms with E-state index in [9.17, 15) is 21.6 Å². The van der Waals surface area contributed by atoms with Gasteiger partial charge in [-0.05, 0) is 0 Å². The van der Waals surface area contributed by atoms with E-state index in [0.29, 0.717) is 0 Å². The Morgan fingerprint density at radius 3 is 1.92 bits per heavy atom. The molecule has 0 heterocycles. The third-order valence-electron chi connectivity index (χ3n) is 0.556. The summed E-state index contributed by atoms with van der Waals surface area (Å²) in [6.45, 7) is 0. The average Bonchev–Trinajstić information content (AvgIpc) is 1.52. The summed E-state index contributed by atoms with van der Waals surface area (Å²) in [4.78, 5) is 0. The second-order valence-corrected chi connectivity index (χ2v) is 9.54. The van der Waals surface area contributed by atoms with Crippen LogP contribution in [-0.4, -0.2) is 13.9 Å². The second-order valence-electron chi connectivity index (χ2n) is 1.66. The molecule has 12 heavy (non-hydrogen) atoms. The van der Waals surface area contributed by atoms with Crippen LogP contribution in [0.1, 0.15) is 0 Å². The molecule has 0 spiro atoms. The summed E-state index contributed by atoms with van der Waals surface area (Å²) in [5, 5.41) is 0. The SMILES string of the molecule is NP(=S)(S)NS(=O)(=O)C(F)(F)F. The lowest BCUT2D eigenvalue weighted by atomic mass is 11.6. The number of nitrogens with two attached hydrogens (primary N) is 1. The van der Waals surface area contributed by atoms with Crippen LogP contribution in [0.15, 0.2) is 0 Å². The Kier molecular flexibility index (Phi) is 3.62. The second kappa shape index (κ2) is 3.43. The Morgan fingerprint density at radius 2 is 1.83 bits per heavy atom. The van der Waals surface area contributed by atoms with Crippen molar-refractivity contribution >= 4 is 39.6 Å². The van der Waals surface area contributed by atoms with Crippen LogP contribution in [0.4, 0.5) is 13.2 Å². The summed E-state index contributed by atoms with van der Waals surface area (Å²) in [5.74, 6) is 0. The van der Waals surface area contributed by atoms with E-state index in [0.717, 1.165) is 4.49 Å². The van der Waals surface area contributed by atoms with Crippen LogP contribution in [0.2, 0.25) is 0 Å². The Bertz CT molecular complexity index is 302. The van der Waals surface area contributed by atoms with Crippen molar-refractivity contribution in [3.05, 3.63) is 0 Å². The van der Waals surface area contributed by atoms with Crippen LogP contribution in [0.5, 0.6) is 0 Å². The molecule has 3 N–H and O–H groups in total. The molecule has 1 atom stereocenters. The summed E-state index contributed by atoms with van der Waals surface area (Å²) in [6, 6.07) is 0. The number of rotatable bonds is 2. The Labute approximate surface area is 77.0 Å². The average molecular weight is 260 g/mol. The van der Waals surface area contributed by atoms with Crippen molar-refractivity contribution in [3.63, 3.8) is 0 Å². The van der Waals surface area contributed by atoms with Crippen molar-refractivity contribution in [2.75, 3.05) is 0 Å². The highest BCUT2D eigenvalue weighted by Crippen LogP contribution is 2.40. The van der Waals surface area contributed by atoms with Gasteiger partial charge in [0.2, 0.25) is 0 Å². The fraction of sp³-hybridized carbons (Fsp3) is 1.00. The minimum absolute atomic E-state index is 1.05. The molecule has 0 aliphatic carbocycles. The molecule has 1 unspecified atom stereocenters. The van der Waals surface area contributed by atoms with Gasteiger partial charge in [-0.2, -0.15) is 17.7 Å². The van der Waals surface area contributed by atoms with Crippen molar-refractivity contribution < 1.29 is 21.6 Å². The fourth-order valence-corrected chi connectivity index (χ4v) is 3.87. The normalized spacial score (nSPS) is 18.8. The molecule has 0 aromatic heterocycles. The van der Waals surface area contributed by atoms with Gasteiger partial charge in [-0.25, -0.2) is 8.42 Å². The molecule has 0 aromatic carbocycles. The number of hydrogen-bond acceptors (Lipinski definition) is 3. The summed E-state index contributed by atoms with van der Waals surface area (Å²) in [6.07, 6.45) is 0. The van der Waals surface area contributed by atoms with Gasteiger partial charge in [-0.1, -0.05) is 11.8 Å². The summed E-state index contributed by atoms with van der Waals surface area (Å²) in [5.41, 5.74) is -4.00. The van der Waals surface area contributed by atoms with Gasteiger partial charge in [0.15, 0.2) is 0 Å². The molecule has 0 aromatic rings. The van der Waals surface area contributed by atoms with Gasteiger partial charge in [0.05, 0.1) is 0 Å². The molecule has 0 amide bonds. The lowest BCUT2D eigenvalue weighted by Crippen LogP contribution is -2.34. The minimum atomic E-state index is -5.46. The number of alkyl halides is 3. The highest BCUT2D eigenvalue weighted by molar-refractivity contribution is 8.63. The summed E-state index contributed by atoms with van der Waals surface area (Å²) >= 11 is 7.46. The predicted molar refractivity (Wildman–Crippen MR) is 45.6 cm³/mol. The van der Waals surface area contributed by atoms with Gasteiger partial charge >= 0.3 is 15.5 Å². The maximum absolute atomic E-state index is 11.6. The Hall–Kier alpha value is 0.660. The Balaban J connectivity index is 4.83. The van der Waals surface area contributed by atoms with Gasteiger partial charge in [-0.15, -0.1) is 12.2 Å². The molecule has 4 nitrogen and oxygen atoms in total. The van der Waals surface area contributed by atoms with Crippen LogP contribution in [0.25, 0.3) is 0 Å². The number of nitrogens with one attached hydrogen (secondary N) is 1. The highest BCUT2D eigenvalue weighted by Gasteiger charge is 2.47. The molecule has 0 fully saturated rings. The first-order chi connectivity index (χ1) is 4.96. The summed E-state index contributed by atoms with van der Waals surface area (Å²) < 4.78 is 56.4. The number of halogens is 3. The fourth-order valence-electron chi connectivity index (χ4n) is 0.224. The van der Waals surface area contributed by atoms with Crippen molar-refractivity contribution in [3.8, 4) is 0 Å². The third-order valence-corrected chi connectivity index (χ3v) is 4.58. The van der Waals surface area contributed by atoms with E-state index in [-0.39, 0.29) is 0 Å². The van der Waals surface area contributed by atoms with E-state index in [2.05, 4.69) is 24.1 Å². The summed E-state index contributed by atoms with van der Waals surface area (Å²) in [7, 11) is -5.46. The molecule has 0 aliphatic rings. The quantitative estimate of drug-likeness (QED) is 0.500. The van der Waals surface area contributed by atoms with Crippen LogP contribution in [0, 0.1) is 0 Å². The molecule has 0 saturated carbocycles. The monoisotopic (exact) mass is 260 g/mol. The maximum Gasteiger partial charge on any atom is 0.511 e. The first kappa shape index (κ1) is 12.7. The number of hydrogen-bond donors (Lipinski definition) is 3. The topological polar surface area (TPSA) is 72.2 Å². The third kappa shape index (κ3) is 4.06. The first-order valence-corrected chi connectivity index (χ1v) is 7.68. The standard InChI is InChI=1S/CH4F3N2O2PS3/c2-1(3,4)12(7,8)6-9(5,10)11/h(H4,5,6,10,11). The van der Waals surface area contributed by atoms with Gasteiger partial charge in [0, 0.05) is 0 Å². The van der Waals surface area contributed by atoms with E-state index in [1.165, 1.54) is 0 Å². The van der Waals surface area contributed by atoms with E-state index >= 15 is 0 Å². The molecule has 0 saturated heterocycles. The molecule has 74 valence electrons. The molecule has 11 heteroatoms. The lowest BCUT2D eigenvalue weighted by Gasteiger charge is -2.13. The molecular formula is CH4F3N2O2PS3. The van der Waals surface area contributed by atoms with Crippen molar-refractivity contribution in [1.82, 2.24) is 4.49 Å². The smallest absolute Gasteiger partial charge is 0.283 e. The maximum atomic E-state index is 11.6. The van der Waals surface area contributed by atoms with Crippen molar-refractivity contribution in [2.45, 2.75) is 5.51 Å². The largest absolute Gasteiger partial charge is 0.511 e. The van der Waals surface area contributed by atoms with Crippen LogP contribution in [0.3, 0.4) is 0 Å². The highest BCUT2D eigenvalue weighted by atomic mass is 32.9. The van der Waals surface area contributed by atoms with Gasteiger partial charge in [-0.3, -0.25) is 5.50 Å². The van der Waals surface area contributed by atoms with E-state index < -0.39 is 21.1 Å². The van der Waals surface area contributed by atoms with Gasteiger partial charge < -0.3 is 0 Å². The van der Waals surface area contributed by atoms with Crippen LogP contribution >= 0.6 is 17.8 Å². The van der Waals surface area contributed by atoms with E-state index in [1.54, 1.807) is 0 Å². The number of sulfonamides is 1. The zero-order valence-corrected chi connectivity index (χ0v) is 8.66. The molecule has 0 bridgehead atoms. The van der Waals surface area contributed by atoms with E-state index in [1.807, 2.05) is 0 Å². The van der Waals surface area contributed by atoms with Gasteiger partial charge in [0.25, 0.3) is 0 Å². The lowest BCUT2D eigenvalue weighted by molar-refractivity contribution is -0.0440. The van der Waals surface area contributed by atoms with Crippen molar-refractivity contribution in [1.29, 1.82) is 0 Å². The molecular weight excluding hydrogens is 256 g/mol. The zero-order chi connectivity index (χ0) is 10.2. The van der Waals surface area contributed by atoms with Crippen LogP contribution in [-0.2, 0) is 21.8 Å². The van der Waals surface area contributed by atoms with Gasteiger partial charge in [0.1, 0.15) is 5.54 Å². The molecule has 0 aliphatic heterocycles. The predicted octanol–water partition coefficient (Wildman–Crippen LogP) is 0.539. The number of thiol groups is 1. The zero-order valence-electron chi connectivity index (χ0n) is 5.24.